The zero-order chi connectivity index (χ0) is 11.9. The van der Waals surface area contributed by atoms with Crippen molar-refractivity contribution >= 4 is 0 Å². The molecule has 1 rings (SSSR count). The highest BCUT2D eigenvalue weighted by Gasteiger charge is 2.19. The first kappa shape index (κ1) is 13.3. The number of rotatable bonds is 7. The topological polar surface area (TPSA) is 0 Å². The van der Waals surface area contributed by atoms with Gasteiger partial charge in [0.1, 0.15) is 0 Å². The summed E-state index contributed by atoms with van der Waals surface area (Å²) in [7, 11) is 0. The van der Waals surface area contributed by atoms with Gasteiger partial charge in [-0.05, 0) is 23.8 Å². The zero-order valence-electron chi connectivity index (χ0n) is 11.0. The highest BCUT2D eigenvalue weighted by Crippen LogP contribution is 2.28. The molecule has 0 aromatic heterocycles. The Bertz CT molecular complexity index is 271. The van der Waals surface area contributed by atoms with Gasteiger partial charge in [-0.2, -0.15) is 0 Å². The number of hydrogen-bond acceptors (Lipinski definition) is 0. The standard InChI is InChI=1S/C16H25/c1-4-5-6-7-11-14-16(2,3)15-12-9-8-10-13-15/h8-10,12-14H,4-7,11H2,1-3H3. The second-order valence-corrected chi connectivity index (χ2v) is 5.14. The molecule has 0 heterocycles. The fraction of sp³-hybridized carbons (Fsp3) is 0.562. The molecule has 0 aliphatic carbocycles. The van der Waals surface area contributed by atoms with E-state index in [1.54, 1.807) is 0 Å². The van der Waals surface area contributed by atoms with Crippen molar-refractivity contribution in [3.05, 3.63) is 42.3 Å². The molecule has 0 spiro atoms. The molecule has 89 valence electrons. The maximum Gasteiger partial charge on any atom is -0.00724 e. The van der Waals surface area contributed by atoms with Gasteiger partial charge in [-0.1, -0.05) is 76.8 Å². The summed E-state index contributed by atoms with van der Waals surface area (Å²) in [6, 6.07) is 10.8. The molecule has 0 aliphatic heterocycles. The Morgan fingerprint density at radius 2 is 1.69 bits per heavy atom. The molecule has 0 atom stereocenters. The summed E-state index contributed by atoms with van der Waals surface area (Å²) < 4.78 is 0. The van der Waals surface area contributed by atoms with E-state index in [-0.39, 0.29) is 5.41 Å². The van der Waals surface area contributed by atoms with Crippen LogP contribution >= 0.6 is 0 Å². The van der Waals surface area contributed by atoms with Gasteiger partial charge in [0, 0.05) is 0 Å². The number of benzene rings is 1. The van der Waals surface area contributed by atoms with Crippen LogP contribution in [-0.2, 0) is 5.41 Å². The predicted octanol–water partition coefficient (Wildman–Crippen LogP) is 5.14. The molecule has 0 unspecified atom stereocenters. The van der Waals surface area contributed by atoms with Gasteiger partial charge in [0.2, 0.25) is 0 Å². The molecular weight excluding hydrogens is 192 g/mol. The summed E-state index contributed by atoms with van der Waals surface area (Å²) in [6.07, 6.45) is 9.11. The summed E-state index contributed by atoms with van der Waals surface area (Å²) in [6.45, 7) is 6.88. The third-order valence-electron chi connectivity index (χ3n) is 3.23. The molecule has 0 heteroatoms. The fourth-order valence-electron chi connectivity index (χ4n) is 2.02. The van der Waals surface area contributed by atoms with Gasteiger partial charge in [-0.25, -0.2) is 0 Å². The first-order valence-corrected chi connectivity index (χ1v) is 6.56. The van der Waals surface area contributed by atoms with Crippen LogP contribution in [0.15, 0.2) is 30.3 Å². The van der Waals surface area contributed by atoms with E-state index in [9.17, 15) is 0 Å². The minimum Gasteiger partial charge on any atom is -0.0654 e. The largest absolute Gasteiger partial charge is 0.0654 e. The highest BCUT2D eigenvalue weighted by molar-refractivity contribution is 5.26. The van der Waals surface area contributed by atoms with Crippen LogP contribution in [0.2, 0.25) is 0 Å². The first-order valence-electron chi connectivity index (χ1n) is 6.56. The van der Waals surface area contributed by atoms with Crippen molar-refractivity contribution in [1.82, 2.24) is 0 Å². The van der Waals surface area contributed by atoms with E-state index in [4.69, 9.17) is 0 Å². The molecule has 0 nitrogen and oxygen atoms in total. The summed E-state index contributed by atoms with van der Waals surface area (Å²) in [5, 5.41) is 0. The van der Waals surface area contributed by atoms with Gasteiger partial charge in [-0.3, -0.25) is 0 Å². The van der Waals surface area contributed by atoms with Crippen LogP contribution in [-0.4, -0.2) is 0 Å². The fourth-order valence-corrected chi connectivity index (χ4v) is 2.02. The van der Waals surface area contributed by atoms with Gasteiger partial charge in [0.25, 0.3) is 0 Å². The average molecular weight is 217 g/mol. The van der Waals surface area contributed by atoms with E-state index in [0.29, 0.717) is 0 Å². The van der Waals surface area contributed by atoms with Crippen molar-refractivity contribution in [3.63, 3.8) is 0 Å². The average Bonchev–Trinajstić information content (AvgIpc) is 2.30. The summed E-state index contributed by atoms with van der Waals surface area (Å²) in [5.74, 6) is 0. The number of unbranched alkanes of at least 4 members (excludes halogenated alkanes) is 4. The Morgan fingerprint density at radius 1 is 1.00 bits per heavy atom. The normalized spacial score (nSPS) is 11.7. The zero-order valence-corrected chi connectivity index (χ0v) is 11.0. The summed E-state index contributed by atoms with van der Waals surface area (Å²) in [5.41, 5.74) is 1.64. The van der Waals surface area contributed by atoms with Crippen LogP contribution in [0.1, 0.15) is 58.4 Å². The van der Waals surface area contributed by atoms with E-state index in [1.807, 2.05) is 0 Å². The van der Waals surface area contributed by atoms with Crippen LogP contribution in [0.3, 0.4) is 0 Å². The van der Waals surface area contributed by atoms with Crippen LogP contribution < -0.4 is 0 Å². The van der Waals surface area contributed by atoms with Crippen molar-refractivity contribution < 1.29 is 0 Å². The van der Waals surface area contributed by atoms with E-state index in [0.717, 1.165) is 0 Å². The SMILES string of the molecule is CCCCCC[CH]C(C)(C)c1ccccc1. The Labute approximate surface area is 101 Å². The van der Waals surface area contributed by atoms with Crippen molar-refractivity contribution in [2.24, 2.45) is 0 Å². The molecule has 1 radical (unpaired) electrons. The van der Waals surface area contributed by atoms with E-state index in [1.165, 1.54) is 37.7 Å². The van der Waals surface area contributed by atoms with Crippen molar-refractivity contribution in [3.8, 4) is 0 Å². The Kier molecular flexibility index (Phi) is 5.59. The quantitative estimate of drug-likeness (QED) is 0.555. The third kappa shape index (κ3) is 4.38. The maximum absolute atomic E-state index is 2.47. The predicted molar refractivity (Wildman–Crippen MR) is 72.5 cm³/mol. The molecule has 0 N–H and O–H groups in total. The van der Waals surface area contributed by atoms with Gasteiger partial charge in [0.15, 0.2) is 0 Å². The molecule has 1 aromatic carbocycles. The van der Waals surface area contributed by atoms with Crippen LogP contribution in [0.4, 0.5) is 0 Å². The first-order chi connectivity index (χ1) is 7.67. The molecule has 0 saturated heterocycles. The molecule has 1 aromatic rings. The van der Waals surface area contributed by atoms with E-state index >= 15 is 0 Å². The Morgan fingerprint density at radius 3 is 2.31 bits per heavy atom. The van der Waals surface area contributed by atoms with Gasteiger partial charge in [-0.15, -0.1) is 0 Å². The molecule has 0 saturated carbocycles. The molecular formula is C16H25. The Balaban J connectivity index is 2.35. The molecule has 0 amide bonds. The Hall–Kier alpha value is -0.780. The highest BCUT2D eigenvalue weighted by atomic mass is 14.2. The second kappa shape index (κ2) is 6.73. The lowest BCUT2D eigenvalue weighted by atomic mass is 9.80. The lowest BCUT2D eigenvalue weighted by Gasteiger charge is -2.24. The molecule has 0 aliphatic rings. The van der Waals surface area contributed by atoms with Gasteiger partial charge >= 0.3 is 0 Å². The van der Waals surface area contributed by atoms with Gasteiger partial charge in [0.05, 0.1) is 0 Å². The van der Waals surface area contributed by atoms with E-state index < -0.39 is 0 Å². The second-order valence-electron chi connectivity index (χ2n) is 5.14. The van der Waals surface area contributed by atoms with E-state index in [2.05, 4.69) is 57.5 Å². The molecule has 0 bridgehead atoms. The maximum atomic E-state index is 2.47. The van der Waals surface area contributed by atoms with Crippen molar-refractivity contribution in [1.29, 1.82) is 0 Å². The monoisotopic (exact) mass is 217 g/mol. The van der Waals surface area contributed by atoms with Crippen molar-refractivity contribution in [2.75, 3.05) is 0 Å². The van der Waals surface area contributed by atoms with Crippen LogP contribution in [0.5, 0.6) is 0 Å². The molecule has 16 heavy (non-hydrogen) atoms. The summed E-state index contributed by atoms with van der Waals surface area (Å²) >= 11 is 0. The smallest absolute Gasteiger partial charge is 0.00724 e. The third-order valence-corrected chi connectivity index (χ3v) is 3.23. The summed E-state index contributed by atoms with van der Waals surface area (Å²) in [4.78, 5) is 0. The van der Waals surface area contributed by atoms with Crippen LogP contribution in [0, 0.1) is 6.42 Å². The lowest BCUT2D eigenvalue weighted by Crippen LogP contribution is -2.17. The van der Waals surface area contributed by atoms with Crippen LogP contribution in [0.25, 0.3) is 0 Å². The molecule has 0 fully saturated rings. The minimum atomic E-state index is 0.216. The van der Waals surface area contributed by atoms with Gasteiger partial charge < -0.3 is 0 Å². The minimum absolute atomic E-state index is 0.216. The number of hydrogen-bond donors (Lipinski definition) is 0. The van der Waals surface area contributed by atoms with Crippen molar-refractivity contribution in [2.45, 2.75) is 58.3 Å². The lowest BCUT2D eigenvalue weighted by molar-refractivity contribution is 0.555.